The zero-order valence-corrected chi connectivity index (χ0v) is 18.9. The molecule has 7 nitrogen and oxygen atoms in total. The number of benzene rings is 2. The summed E-state index contributed by atoms with van der Waals surface area (Å²) in [5.74, 6) is 1.05. The lowest BCUT2D eigenvalue weighted by Gasteiger charge is -2.23. The molecule has 1 atom stereocenters. The molecule has 0 saturated carbocycles. The van der Waals surface area contributed by atoms with Crippen LogP contribution in [0.25, 0.3) is 11.3 Å². The Morgan fingerprint density at radius 3 is 2.87 bits per heavy atom. The lowest BCUT2D eigenvalue weighted by molar-refractivity contribution is -0.759. The van der Waals surface area contributed by atoms with E-state index in [0.717, 1.165) is 35.4 Å². The van der Waals surface area contributed by atoms with Gasteiger partial charge in [0.1, 0.15) is 0 Å². The highest BCUT2D eigenvalue weighted by molar-refractivity contribution is 7.99. The molecule has 0 radical (unpaired) electrons. The van der Waals surface area contributed by atoms with Gasteiger partial charge in [0.25, 0.3) is 6.17 Å². The fraction of sp³-hybridized carbons (Fsp3) is 0.318. The third-order valence-corrected chi connectivity index (χ3v) is 6.22. The van der Waals surface area contributed by atoms with Crippen LogP contribution in [0, 0.1) is 0 Å². The second-order valence-corrected chi connectivity index (χ2v) is 8.62. The first-order valence-corrected chi connectivity index (χ1v) is 11.6. The van der Waals surface area contributed by atoms with Gasteiger partial charge in [0.15, 0.2) is 11.5 Å². The van der Waals surface area contributed by atoms with E-state index in [9.17, 15) is 9.90 Å². The number of phenols is 1. The van der Waals surface area contributed by atoms with Crippen LogP contribution in [0.4, 0.5) is 5.69 Å². The first kappa shape index (κ1) is 21.5. The Bertz CT molecular complexity index is 1170. The molecule has 162 valence electrons. The van der Waals surface area contributed by atoms with Crippen molar-refractivity contribution in [1.82, 2.24) is 10.1 Å². The number of hydrogen-bond donors (Lipinski definition) is 3. The summed E-state index contributed by atoms with van der Waals surface area (Å²) in [5.41, 5.74) is 2.56. The lowest BCUT2D eigenvalue weighted by atomic mass is 10.0. The number of phenolic OH excluding ortho intramolecular Hbond substituents is 1. The molecule has 1 aliphatic heterocycles. The number of para-hydroxylation sites is 1. The predicted octanol–water partition coefficient (Wildman–Crippen LogP) is 4.35. The molecule has 0 amide bonds. The highest BCUT2D eigenvalue weighted by Gasteiger charge is 2.38. The van der Waals surface area contributed by atoms with Gasteiger partial charge in [0.05, 0.1) is 22.9 Å². The molecule has 2 aromatic carbocycles. The van der Waals surface area contributed by atoms with E-state index in [2.05, 4.69) is 17.2 Å². The molecule has 2 heterocycles. The van der Waals surface area contributed by atoms with Crippen molar-refractivity contribution in [2.24, 2.45) is 0 Å². The number of hydrogen-bond acceptors (Lipinski definition) is 6. The molecule has 1 aliphatic rings. The number of H-pyrrole nitrogens is 1. The quantitative estimate of drug-likeness (QED) is 0.276. The number of unbranched alkanes of at least 4 members (excludes halogenated alkanes) is 1. The number of ether oxygens (including phenoxy) is 1. The van der Waals surface area contributed by atoms with Crippen molar-refractivity contribution in [2.75, 3.05) is 17.7 Å². The van der Waals surface area contributed by atoms with Crippen LogP contribution in [0.1, 0.15) is 38.4 Å². The summed E-state index contributed by atoms with van der Waals surface area (Å²) in [6.07, 6.45) is 1.60. The van der Waals surface area contributed by atoms with Crippen LogP contribution in [-0.4, -0.2) is 27.5 Å². The van der Waals surface area contributed by atoms with Crippen molar-refractivity contribution < 1.29 is 14.5 Å². The number of nitrogens with zero attached hydrogens (tertiary/aromatic N) is 2. The maximum Gasteiger partial charge on any atom is 0.325 e. The molecule has 0 fully saturated rings. The van der Waals surface area contributed by atoms with Gasteiger partial charge < -0.3 is 15.2 Å². The summed E-state index contributed by atoms with van der Waals surface area (Å²) >= 11 is 7.81. The Hall–Kier alpha value is -2.71. The molecule has 0 spiro atoms. The van der Waals surface area contributed by atoms with Crippen LogP contribution in [0.5, 0.6) is 11.5 Å². The van der Waals surface area contributed by atoms with Crippen molar-refractivity contribution in [3.63, 3.8) is 0 Å². The lowest BCUT2D eigenvalue weighted by Crippen LogP contribution is -2.55. The maximum absolute atomic E-state index is 13.1. The van der Waals surface area contributed by atoms with E-state index in [1.807, 2.05) is 31.2 Å². The SMILES string of the molecule is CCCCSc1n[n+]2c(c(=O)[nH]1)-c1ccccc1N[C@H]2c1cc(Cl)c(O)c(OCC)c1. The van der Waals surface area contributed by atoms with Crippen LogP contribution in [0.3, 0.4) is 0 Å². The summed E-state index contributed by atoms with van der Waals surface area (Å²) in [7, 11) is 0. The summed E-state index contributed by atoms with van der Waals surface area (Å²) in [6.45, 7) is 4.34. The van der Waals surface area contributed by atoms with E-state index >= 15 is 0 Å². The van der Waals surface area contributed by atoms with Crippen LogP contribution >= 0.6 is 23.4 Å². The number of aromatic amines is 1. The van der Waals surface area contributed by atoms with E-state index in [0.29, 0.717) is 17.5 Å². The first-order valence-electron chi connectivity index (χ1n) is 10.2. The number of fused-ring (bicyclic) bond motifs is 3. The molecule has 4 rings (SSSR count). The Labute approximate surface area is 189 Å². The number of anilines is 1. The summed E-state index contributed by atoms with van der Waals surface area (Å²) in [5, 5.41) is 19.2. The minimum absolute atomic E-state index is 0.108. The monoisotopic (exact) mass is 459 g/mol. The molecule has 1 aromatic heterocycles. The third kappa shape index (κ3) is 4.22. The molecule has 9 heteroatoms. The van der Waals surface area contributed by atoms with Gasteiger partial charge in [0, 0.05) is 16.4 Å². The van der Waals surface area contributed by atoms with Crippen molar-refractivity contribution in [3.05, 3.63) is 57.3 Å². The number of nitrogens with one attached hydrogen (secondary N) is 2. The van der Waals surface area contributed by atoms with Crippen molar-refractivity contribution in [2.45, 2.75) is 38.0 Å². The standard InChI is InChI=1S/C22H23ClN4O3S/c1-3-5-10-31-22-25-21(29)18-14-8-6-7-9-16(14)24-20(27(18)26-22)13-11-15(23)19(28)17(12-13)30-4-2/h6-9,11-12,20H,3-5,10H2,1-2H3,(H2,25,26,28,29)/p+1/t20-/m1/s1. The van der Waals surface area contributed by atoms with E-state index in [1.54, 1.807) is 16.8 Å². The summed E-state index contributed by atoms with van der Waals surface area (Å²) in [6, 6.07) is 11.0. The van der Waals surface area contributed by atoms with Gasteiger partial charge in [0.2, 0.25) is 5.16 Å². The second kappa shape index (κ2) is 9.20. The van der Waals surface area contributed by atoms with E-state index in [1.165, 1.54) is 11.8 Å². The summed E-state index contributed by atoms with van der Waals surface area (Å²) < 4.78 is 7.24. The van der Waals surface area contributed by atoms with Crippen molar-refractivity contribution in [1.29, 1.82) is 0 Å². The molecular formula is C22H24ClN4O3S+. The highest BCUT2D eigenvalue weighted by Crippen LogP contribution is 2.39. The molecule has 3 aromatic rings. The molecule has 0 aliphatic carbocycles. The average molecular weight is 460 g/mol. The second-order valence-electron chi connectivity index (χ2n) is 7.13. The highest BCUT2D eigenvalue weighted by atomic mass is 35.5. The van der Waals surface area contributed by atoms with Gasteiger partial charge in [-0.15, -0.1) is 0 Å². The first-order chi connectivity index (χ1) is 15.0. The molecule has 0 unspecified atom stereocenters. The Balaban J connectivity index is 1.87. The number of aromatic hydroxyl groups is 1. The fourth-order valence-corrected chi connectivity index (χ4v) is 4.67. The van der Waals surface area contributed by atoms with Gasteiger partial charge in [-0.2, -0.15) is 0 Å². The average Bonchev–Trinajstić information content (AvgIpc) is 2.76. The smallest absolute Gasteiger partial charge is 0.325 e. The van der Waals surface area contributed by atoms with Crippen molar-refractivity contribution in [3.8, 4) is 22.8 Å². The molecule has 3 N–H and O–H groups in total. The van der Waals surface area contributed by atoms with Gasteiger partial charge in [-0.25, -0.2) is 0 Å². The summed E-state index contributed by atoms with van der Waals surface area (Å²) in [4.78, 5) is 16.0. The Morgan fingerprint density at radius 1 is 1.29 bits per heavy atom. The zero-order valence-electron chi connectivity index (χ0n) is 17.3. The van der Waals surface area contributed by atoms with Gasteiger partial charge in [-0.1, -0.05) is 48.8 Å². The fourth-order valence-electron chi connectivity index (χ4n) is 3.51. The number of aromatic nitrogens is 3. The largest absolute Gasteiger partial charge is 0.503 e. The maximum atomic E-state index is 13.1. The van der Waals surface area contributed by atoms with Crippen LogP contribution in [-0.2, 0) is 0 Å². The number of halogens is 1. The van der Waals surface area contributed by atoms with E-state index in [4.69, 9.17) is 21.4 Å². The van der Waals surface area contributed by atoms with E-state index in [-0.39, 0.29) is 22.1 Å². The van der Waals surface area contributed by atoms with E-state index < -0.39 is 6.17 Å². The molecule has 0 saturated heterocycles. The van der Waals surface area contributed by atoms with Crippen LogP contribution in [0.15, 0.2) is 46.3 Å². The number of thioether (sulfide) groups is 1. The van der Waals surface area contributed by atoms with Crippen molar-refractivity contribution >= 4 is 29.1 Å². The molecule has 0 bridgehead atoms. The van der Waals surface area contributed by atoms with Crippen LogP contribution in [0.2, 0.25) is 5.02 Å². The van der Waals surface area contributed by atoms with Gasteiger partial charge in [-0.3, -0.25) is 9.78 Å². The Kier molecular flexibility index (Phi) is 6.38. The zero-order chi connectivity index (χ0) is 22.0. The Morgan fingerprint density at radius 2 is 2.10 bits per heavy atom. The van der Waals surface area contributed by atoms with Gasteiger partial charge in [-0.05, 0) is 42.3 Å². The third-order valence-electron chi connectivity index (χ3n) is 4.99. The molecular weight excluding hydrogens is 436 g/mol. The topological polar surface area (TPSA) is 91.1 Å². The number of rotatable bonds is 7. The predicted molar refractivity (Wildman–Crippen MR) is 122 cm³/mol. The normalized spacial score (nSPS) is 14.5. The minimum Gasteiger partial charge on any atom is -0.503 e. The van der Waals surface area contributed by atoms with Gasteiger partial charge >= 0.3 is 11.3 Å². The molecule has 31 heavy (non-hydrogen) atoms. The minimum atomic E-state index is -0.505. The van der Waals surface area contributed by atoms with Crippen LogP contribution < -0.4 is 20.3 Å².